The third-order valence-electron chi connectivity index (χ3n) is 11.5. The maximum absolute atomic E-state index is 12.4. The molecule has 8 bridgehead atoms. The van der Waals surface area contributed by atoms with Crippen LogP contribution < -0.4 is 0 Å². The van der Waals surface area contributed by atoms with Crippen LogP contribution in [0.15, 0.2) is 91.5 Å². The molecule has 5 aromatic rings. The van der Waals surface area contributed by atoms with Crippen LogP contribution in [0.3, 0.4) is 0 Å². The van der Waals surface area contributed by atoms with Crippen LogP contribution in [0.25, 0.3) is 62.1 Å². The van der Waals surface area contributed by atoms with Gasteiger partial charge in [-0.3, -0.25) is 9.59 Å². The third kappa shape index (κ3) is 8.24. The molecular formula is C50H50N4O5. The number of rotatable bonds is 10. The standard InChI is InChI=1S/C50H50N4O5/c1-9-36-30(3)40-25-41-31(4)37(21-23-48(55)58-7)43(51-41)27-44-38(22-24-49(56)59-8)32(5)42(52-44)26-46-39(50(6,57)47(54-46)28-45(36)53-40)12-10-11-33-15-19-35(20-16-33)34-17-13-29(2)14-18-34/h9-20,25-28,52-53,57H,1,21-24H2,2-8H3/b11-10+,39-12-,40-25?,41-25?,42-26?,43-27?,44-27?,45-28?,46-26?,47-28?. The maximum atomic E-state index is 12.4. The van der Waals surface area contributed by atoms with Crippen molar-refractivity contribution in [3.63, 3.8) is 0 Å². The van der Waals surface area contributed by atoms with Gasteiger partial charge in [0.05, 0.1) is 37.0 Å². The summed E-state index contributed by atoms with van der Waals surface area (Å²) in [4.78, 5) is 42.1. The van der Waals surface area contributed by atoms with Gasteiger partial charge in [-0.05, 0) is 116 Å². The number of fused-ring (bicyclic) bond motifs is 8. The predicted octanol–water partition coefficient (Wildman–Crippen LogP) is 10.5. The summed E-state index contributed by atoms with van der Waals surface area (Å²) in [6.45, 7) is 14.0. The molecule has 9 nitrogen and oxygen atoms in total. The number of hydrogen-bond donors (Lipinski definition) is 3. The molecule has 2 aliphatic heterocycles. The lowest BCUT2D eigenvalue weighted by atomic mass is 9.92. The predicted molar refractivity (Wildman–Crippen MR) is 238 cm³/mol. The molecule has 0 saturated carbocycles. The first-order valence-corrected chi connectivity index (χ1v) is 19.8. The van der Waals surface area contributed by atoms with E-state index in [9.17, 15) is 14.7 Å². The number of ether oxygens (including phenoxy) is 2. The second-order valence-corrected chi connectivity index (χ2v) is 15.3. The number of aryl methyl sites for hydroxylation is 4. The summed E-state index contributed by atoms with van der Waals surface area (Å²) in [7, 11) is 2.78. The monoisotopic (exact) mass is 786 g/mol. The van der Waals surface area contributed by atoms with Crippen molar-refractivity contribution in [3.8, 4) is 11.1 Å². The van der Waals surface area contributed by atoms with Crippen LogP contribution in [-0.4, -0.2) is 51.2 Å². The number of nitrogens with one attached hydrogen (secondary N) is 2. The maximum Gasteiger partial charge on any atom is 0.305 e. The molecule has 0 amide bonds. The molecule has 1 unspecified atom stereocenters. The highest BCUT2D eigenvalue weighted by Crippen LogP contribution is 2.41. The molecule has 0 aliphatic carbocycles. The number of esters is 2. The molecule has 59 heavy (non-hydrogen) atoms. The van der Waals surface area contributed by atoms with E-state index >= 15 is 0 Å². The molecule has 3 aromatic heterocycles. The minimum Gasteiger partial charge on any atom is -0.469 e. The number of methoxy groups -OCH3 is 2. The van der Waals surface area contributed by atoms with E-state index in [-0.39, 0.29) is 24.8 Å². The van der Waals surface area contributed by atoms with Gasteiger partial charge in [0.1, 0.15) is 5.60 Å². The molecule has 1 atom stereocenters. The first kappa shape index (κ1) is 40.6. The van der Waals surface area contributed by atoms with Gasteiger partial charge in [0.25, 0.3) is 0 Å². The van der Waals surface area contributed by atoms with Crippen LogP contribution in [-0.2, 0) is 31.1 Å². The number of aromatic nitrogens is 4. The fourth-order valence-electron chi connectivity index (χ4n) is 7.86. The van der Waals surface area contributed by atoms with Crippen LogP contribution in [0.4, 0.5) is 0 Å². The summed E-state index contributed by atoms with van der Waals surface area (Å²) >= 11 is 0. The quantitative estimate of drug-likeness (QED) is 0.120. The van der Waals surface area contributed by atoms with E-state index in [0.717, 1.165) is 77.9 Å². The molecule has 0 fully saturated rings. The van der Waals surface area contributed by atoms with Gasteiger partial charge in [-0.2, -0.15) is 0 Å². The van der Waals surface area contributed by atoms with Gasteiger partial charge < -0.3 is 24.5 Å². The van der Waals surface area contributed by atoms with Crippen molar-refractivity contribution in [2.24, 2.45) is 0 Å². The highest BCUT2D eigenvalue weighted by Gasteiger charge is 2.36. The zero-order valence-corrected chi connectivity index (χ0v) is 34.7. The normalized spacial score (nSPS) is 15.9. The average molecular weight is 787 g/mol. The topological polar surface area (TPSA) is 130 Å². The van der Waals surface area contributed by atoms with Crippen LogP contribution in [0.2, 0.25) is 0 Å². The van der Waals surface area contributed by atoms with Crippen molar-refractivity contribution in [2.45, 2.75) is 65.9 Å². The lowest BCUT2D eigenvalue weighted by Gasteiger charge is -2.18. The molecule has 0 radical (unpaired) electrons. The molecule has 3 N–H and O–H groups in total. The lowest BCUT2D eigenvalue weighted by molar-refractivity contribution is -0.141. The highest BCUT2D eigenvalue weighted by atomic mass is 16.5. The Morgan fingerprint density at radius 3 is 2.00 bits per heavy atom. The van der Waals surface area contributed by atoms with Crippen LogP contribution in [0.5, 0.6) is 0 Å². The summed E-state index contributed by atoms with van der Waals surface area (Å²) < 4.78 is 10.0. The summed E-state index contributed by atoms with van der Waals surface area (Å²) in [6, 6.07) is 24.7. The van der Waals surface area contributed by atoms with Gasteiger partial charge in [0, 0.05) is 46.0 Å². The molecule has 0 saturated heterocycles. The van der Waals surface area contributed by atoms with Crippen molar-refractivity contribution >= 4 is 62.9 Å². The number of carbonyl (C=O) groups is 2. The first-order chi connectivity index (χ1) is 28.3. The summed E-state index contributed by atoms with van der Waals surface area (Å²) in [5.41, 5.74) is 14.9. The Balaban J connectivity index is 1.44. The largest absolute Gasteiger partial charge is 0.469 e. The summed E-state index contributed by atoms with van der Waals surface area (Å²) in [5, 5.41) is 12.4. The molecule has 0 spiro atoms. The van der Waals surface area contributed by atoms with E-state index in [0.29, 0.717) is 35.5 Å². The Kier molecular flexibility index (Phi) is 11.5. The molecule has 9 heteroatoms. The summed E-state index contributed by atoms with van der Waals surface area (Å²) in [5.74, 6) is -0.618. The van der Waals surface area contributed by atoms with Gasteiger partial charge in [0.15, 0.2) is 0 Å². The zero-order chi connectivity index (χ0) is 42.0. The number of nitrogens with zero attached hydrogens (tertiary/aromatic N) is 2. The molecule has 2 aliphatic rings. The number of aliphatic hydroxyl groups is 1. The van der Waals surface area contributed by atoms with Gasteiger partial charge in [0.2, 0.25) is 0 Å². The number of carbonyl (C=O) groups excluding carboxylic acids is 2. The Labute approximate surface area is 344 Å². The van der Waals surface area contributed by atoms with E-state index in [1.54, 1.807) is 13.0 Å². The average Bonchev–Trinajstić information content (AvgIpc) is 3.87. The van der Waals surface area contributed by atoms with E-state index in [1.165, 1.54) is 19.8 Å². The van der Waals surface area contributed by atoms with Crippen molar-refractivity contribution in [3.05, 3.63) is 148 Å². The molecule has 5 heterocycles. The Hall–Kier alpha value is -6.58. The van der Waals surface area contributed by atoms with E-state index in [2.05, 4.69) is 72.0 Å². The molecule has 300 valence electrons. The number of aromatic amines is 2. The Morgan fingerprint density at radius 1 is 0.746 bits per heavy atom. The third-order valence-corrected chi connectivity index (χ3v) is 11.5. The fourth-order valence-corrected chi connectivity index (χ4v) is 7.86. The second-order valence-electron chi connectivity index (χ2n) is 15.3. The van der Waals surface area contributed by atoms with Crippen molar-refractivity contribution in [1.29, 1.82) is 0 Å². The number of benzene rings is 2. The fraction of sp³-hybridized carbons (Fsp3) is 0.240. The van der Waals surface area contributed by atoms with E-state index in [4.69, 9.17) is 19.4 Å². The van der Waals surface area contributed by atoms with Crippen molar-refractivity contribution in [2.75, 3.05) is 14.2 Å². The minimum atomic E-state index is -1.46. The second kappa shape index (κ2) is 16.7. The van der Waals surface area contributed by atoms with Crippen molar-refractivity contribution in [1.82, 2.24) is 19.9 Å². The van der Waals surface area contributed by atoms with Gasteiger partial charge in [-0.1, -0.05) is 85.0 Å². The van der Waals surface area contributed by atoms with Crippen LogP contribution >= 0.6 is 0 Å². The molecule has 7 rings (SSSR count). The van der Waals surface area contributed by atoms with Gasteiger partial charge in [-0.25, -0.2) is 9.97 Å². The smallest absolute Gasteiger partial charge is 0.305 e. The Bertz CT molecular complexity index is 2740. The van der Waals surface area contributed by atoms with E-state index in [1.807, 2.05) is 63.3 Å². The van der Waals surface area contributed by atoms with Gasteiger partial charge >= 0.3 is 11.9 Å². The molecular weight excluding hydrogens is 737 g/mol. The SMILES string of the molecule is C=Cc1c(C)c2cc3nc(cc4[nH]c(cc5nc(cc1[nH]2)C(C)(O)/C5=C\C=C\c1ccc(-c2ccc(C)cc2)cc1)c(C)c4CCC(=O)OC)C(CCC(=O)OC)=C3C. The summed E-state index contributed by atoms with van der Waals surface area (Å²) in [6.07, 6.45) is 8.92. The number of H-pyrrole nitrogens is 2. The number of allylic oxidation sites excluding steroid dienone is 4. The van der Waals surface area contributed by atoms with Crippen molar-refractivity contribution < 1.29 is 24.2 Å². The van der Waals surface area contributed by atoms with E-state index < -0.39 is 5.60 Å². The molecule has 2 aromatic carbocycles. The van der Waals surface area contributed by atoms with Crippen LogP contribution in [0.1, 0.15) is 89.3 Å². The van der Waals surface area contributed by atoms with Gasteiger partial charge in [-0.15, -0.1) is 0 Å². The minimum absolute atomic E-state index is 0.182. The number of hydrogen-bond acceptors (Lipinski definition) is 7. The Morgan fingerprint density at radius 2 is 1.34 bits per heavy atom. The first-order valence-electron chi connectivity index (χ1n) is 19.8. The zero-order valence-electron chi connectivity index (χ0n) is 34.7. The van der Waals surface area contributed by atoms with Crippen LogP contribution in [0, 0.1) is 20.8 Å². The highest BCUT2D eigenvalue weighted by molar-refractivity contribution is 5.94. The lowest BCUT2D eigenvalue weighted by Crippen LogP contribution is -2.18.